The Kier molecular flexibility index (Phi) is 4.54. The molecule has 3 aromatic rings. The van der Waals surface area contributed by atoms with E-state index in [1.807, 2.05) is 36.4 Å². The van der Waals surface area contributed by atoms with Crippen molar-refractivity contribution in [3.63, 3.8) is 0 Å². The number of aromatic nitrogens is 1. The number of nitrogens with two attached hydrogens (primary N) is 1. The van der Waals surface area contributed by atoms with Crippen LogP contribution in [0, 0.1) is 0 Å². The minimum absolute atomic E-state index is 0.0210. The quantitative estimate of drug-likeness (QED) is 0.645. The maximum atomic E-state index is 12.3. The molecule has 24 heavy (non-hydrogen) atoms. The van der Waals surface area contributed by atoms with Gasteiger partial charge in [0, 0.05) is 11.8 Å². The molecule has 1 heterocycles. The molecular formula is C19H17N3O2. The number of carbonyl (C=O) groups is 1. The topological polar surface area (TPSA) is 88.2 Å². The molecule has 0 fully saturated rings. The molecule has 0 saturated carbocycles. The second-order valence-corrected chi connectivity index (χ2v) is 5.33. The van der Waals surface area contributed by atoms with Gasteiger partial charge in [0.15, 0.2) is 0 Å². The fourth-order valence-corrected chi connectivity index (χ4v) is 2.33. The lowest BCUT2D eigenvalue weighted by atomic mass is 10.1. The van der Waals surface area contributed by atoms with Gasteiger partial charge in [-0.05, 0) is 35.9 Å². The number of carbonyl (C=O) groups excluding carboxylic acids is 1. The zero-order valence-electron chi connectivity index (χ0n) is 12.9. The third kappa shape index (κ3) is 3.42. The van der Waals surface area contributed by atoms with Crippen molar-refractivity contribution in [2.24, 2.45) is 0 Å². The third-order valence-corrected chi connectivity index (χ3v) is 3.64. The summed E-state index contributed by atoms with van der Waals surface area (Å²) in [7, 11) is 0. The Bertz CT molecular complexity index is 860. The molecule has 120 valence electrons. The Labute approximate surface area is 139 Å². The lowest BCUT2D eigenvalue weighted by Gasteiger charge is -2.08. The first-order valence-electron chi connectivity index (χ1n) is 7.49. The van der Waals surface area contributed by atoms with E-state index in [-0.39, 0.29) is 12.5 Å². The van der Waals surface area contributed by atoms with E-state index in [9.17, 15) is 9.90 Å². The van der Waals surface area contributed by atoms with Crippen molar-refractivity contribution >= 4 is 17.3 Å². The molecule has 2 aromatic carbocycles. The van der Waals surface area contributed by atoms with E-state index >= 15 is 0 Å². The van der Waals surface area contributed by atoms with Gasteiger partial charge in [-0.2, -0.15) is 0 Å². The summed E-state index contributed by atoms with van der Waals surface area (Å²) in [5.74, 6) is -0.268. The molecule has 0 bridgehead atoms. The van der Waals surface area contributed by atoms with Crippen molar-refractivity contribution < 1.29 is 9.90 Å². The molecule has 0 aliphatic heterocycles. The van der Waals surface area contributed by atoms with Crippen molar-refractivity contribution in [2.45, 2.75) is 6.61 Å². The summed E-state index contributed by atoms with van der Waals surface area (Å²) >= 11 is 0. The SMILES string of the molecule is Nc1ccccc1NC(=O)c1ccc(-c2cccc(CO)c2)nc1. The Morgan fingerprint density at radius 3 is 2.62 bits per heavy atom. The Balaban J connectivity index is 1.79. The number of anilines is 2. The summed E-state index contributed by atoms with van der Waals surface area (Å²) < 4.78 is 0. The smallest absolute Gasteiger partial charge is 0.257 e. The van der Waals surface area contributed by atoms with E-state index in [1.54, 1.807) is 24.3 Å². The van der Waals surface area contributed by atoms with Gasteiger partial charge in [-0.15, -0.1) is 0 Å². The maximum Gasteiger partial charge on any atom is 0.257 e. The highest BCUT2D eigenvalue weighted by atomic mass is 16.3. The second-order valence-electron chi connectivity index (χ2n) is 5.33. The van der Waals surface area contributed by atoms with E-state index in [4.69, 9.17) is 5.73 Å². The van der Waals surface area contributed by atoms with Crippen LogP contribution in [-0.2, 0) is 6.61 Å². The van der Waals surface area contributed by atoms with Crippen LogP contribution in [0.25, 0.3) is 11.3 Å². The van der Waals surface area contributed by atoms with Gasteiger partial charge in [-0.1, -0.05) is 30.3 Å². The summed E-state index contributed by atoms with van der Waals surface area (Å²) in [4.78, 5) is 16.6. The molecule has 0 radical (unpaired) electrons. The number of para-hydroxylation sites is 2. The first-order chi connectivity index (χ1) is 11.7. The molecular weight excluding hydrogens is 302 g/mol. The zero-order chi connectivity index (χ0) is 16.9. The van der Waals surface area contributed by atoms with Gasteiger partial charge in [0.1, 0.15) is 0 Å². The summed E-state index contributed by atoms with van der Waals surface area (Å²) in [6.45, 7) is -0.0210. The highest BCUT2D eigenvalue weighted by Crippen LogP contribution is 2.20. The minimum Gasteiger partial charge on any atom is -0.397 e. The molecule has 5 heteroatoms. The van der Waals surface area contributed by atoms with E-state index < -0.39 is 0 Å². The monoisotopic (exact) mass is 319 g/mol. The highest BCUT2D eigenvalue weighted by molar-refractivity contribution is 6.05. The number of nitrogens with zero attached hydrogens (tertiary/aromatic N) is 1. The summed E-state index contributed by atoms with van der Waals surface area (Å²) in [6.07, 6.45) is 1.52. The van der Waals surface area contributed by atoms with E-state index in [0.717, 1.165) is 16.8 Å². The van der Waals surface area contributed by atoms with Crippen LogP contribution >= 0.6 is 0 Å². The summed E-state index contributed by atoms with van der Waals surface area (Å²) in [6, 6.07) is 18.1. The molecule has 1 amide bonds. The number of hydrogen-bond donors (Lipinski definition) is 3. The molecule has 0 spiro atoms. The predicted molar refractivity (Wildman–Crippen MR) is 94.4 cm³/mol. The molecule has 3 rings (SSSR count). The van der Waals surface area contributed by atoms with E-state index in [0.29, 0.717) is 16.9 Å². The molecule has 1 aromatic heterocycles. The van der Waals surface area contributed by atoms with Crippen LogP contribution in [0.15, 0.2) is 66.9 Å². The minimum atomic E-state index is -0.268. The van der Waals surface area contributed by atoms with Crippen LogP contribution in [0.1, 0.15) is 15.9 Å². The van der Waals surface area contributed by atoms with Crippen LogP contribution in [-0.4, -0.2) is 16.0 Å². The Hall–Kier alpha value is -3.18. The van der Waals surface area contributed by atoms with Crippen molar-refractivity contribution in [2.75, 3.05) is 11.1 Å². The van der Waals surface area contributed by atoms with Gasteiger partial charge in [0.2, 0.25) is 0 Å². The van der Waals surface area contributed by atoms with Crippen LogP contribution < -0.4 is 11.1 Å². The van der Waals surface area contributed by atoms with Gasteiger partial charge in [-0.3, -0.25) is 9.78 Å². The predicted octanol–water partition coefficient (Wildman–Crippen LogP) is 3.08. The maximum absolute atomic E-state index is 12.3. The number of amides is 1. The molecule has 0 unspecified atom stereocenters. The van der Waals surface area contributed by atoms with Crippen LogP contribution in [0.4, 0.5) is 11.4 Å². The molecule has 0 aliphatic carbocycles. The van der Waals surface area contributed by atoms with E-state index in [1.165, 1.54) is 6.20 Å². The summed E-state index contributed by atoms with van der Waals surface area (Å²) in [5, 5.41) is 12.0. The molecule has 0 atom stereocenters. The fraction of sp³-hybridized carbons (Fsp3) is 0.0526. The van der Waals surface area contributed by atoms with Crippen molar-refractivity contribution in [3.05, 3.63) is 78.0 Å². The van der Waals surface area contributed by atoms with E-state index in [2.05, 4.69) is 10.3 Å². The van der Waals surface area contributed by atoms with Gasteiger partial charge in [-0.25, -0.2) is 0 Å². The fourth-order valence-electron chi connectivity index (χ4n) is 2.33. The van der Waals surface area contributed by atoms with Crippen LogP contribution in [0.3, 0.4) is 0 Å². The van der Waals surface area contributed by atoms with Crippen LogP contribution in [0.5, 0.6) is 0 Å². The van der Waals surface area contributed by atoms with Crippen molar-refractivity contribution in [1.29, 1.82) is 0 Å². The normalized spacial score (nSPS) is 10.4. The Morgan fingerprint density at radius 1 is 1.08 bits per heavy atom. The average Bonchev–Trinajstić information content (AvgIpc) is 2.64. The van der Waals surface area contributed by atoms with Gasteiger partial charge < -0.3 is 16.2 Å². The third-order valence-electron chi connectivity index (χ3n) is 3.64. The van der Waals surface area contributed by atoms with Crippen LogP contribution in [0.2, 0.25) is 0 Å². The first kappa shape index (κ1) is 15.7. The zero-order valence-corrected chi connectivity index (χ0v) is 12.9. The number of pyridine rings is 1. The van der Waals surface area contributed by atoms with Crippen molar-refractivity contribution in [1.82, 2.24) is 4.98 Å². The number of hydrogen-bond acceptors (Lipinski definition) is 4. The lowest BCUT2D eigenvalue weighted by Crippen LogP contribution is -2.13. The molecule has 0 aliphatic rings. The number of nitrogens with one attached hydrogen (secondary N) is 1. The Morgan fingerprint density at radius 2 is 1.92 bits per heavy atom. The van der Waals surface area contributed by atoms with Gasteiger partial charge in [0.25, 0.3) is 5.91 Å². The number of aliphatic hydroxyl groups is 1. The number of nitrogen functional groups attached to an aromatic ring is 1. The summed E-state index contributed by atoms with van der Waals surface area (Å²) in [5.41, 5.74) is 9.79. The largest absolute Gasteiger partial charge is 0.397 e. The number of aliphatic hydroxyl groups excluding tert-OH is 1. The van der Waals surface area contributed by atoms with Gasteiger partial charge >= 0.3 is 0 Å². The molecule has 5 nitrogen and oxygen atoms in total. The standard InChI is InChI=1S/C19H17N3O2/c20-16-6-1-2-7-18(16)22-19(24)15-8-9-17(21-11-15)14-5-3-4-13(10-14)12-23/h1-11,23H,12,20H2,(H,22,24). The second kappa shape index (κ2) is 6.93. The van der Waals surface area contributed by atoms with Crippen molar-refractivity contribution in [3.8, 4) is 11.3 Å². The molecule has 4 N–H and O–H groups in total. The number of benzene rings is 2. The lowest BCUT2D eigenvalue weighted by molar-refractivity contribution is 0.102. The average molecular weight is 319 g/mol. The first-order valence-corrected chi connectivity index (χ1v) is 7.49. The number of rotatable bonds is 4. The molecule has 0 saturated heterocycles. The highest BCUT2D eigenvalue weighted by Gasteiger charge is 2.09. The van der Waals surface area contributed by atoms with Gasteiger partial charge in [0.05, 0.1) is 29.2 Å².